The third kappa shape index (κ3) is 15.7. The van der Waals surface area contributed by atoms with Crippen molar-refractivity contribution in [2.45, 2.75) is 70.2 Å². The van der Waals surface area contributed by atoms with Crippen molar-refractivity contribution in [2.75, 3.05) is 72.6 Å². The Morgan fingerprint density at radius 3 is 1.57 bits per heavy atom. The maximum absolute atomic E-state index is 12.1. The number of hydrogen-bond donors (Lipinski definition) is 10. The Bertz CT molecular complexity index is 614. The molecule has 0 aliphatic rings. The van der Waals surface area contributed by atoms with Gasteiger partial charge in [-0.05, 0) is 27.2 Å². The van der Waals surface area contributed by atoms with Gasteiger partial charge in [0.15, 0.2) is 11.9 Å². The molecule has 37 heavy (non-hydrogen) atoms. The van der Waals surface area contributed by atoms with Crippen LogP contribution in [0.4, 0.5) is 0 Å². The third-order valence-electron chi connectivity index (χ3n) is 6.08. The quantitative estimate of drug-likeness (QED) is 0.0543. The zero-order valence-electron chi connectivity index (χ0n) is 23.2. The molecule has 0 radical (unpaired) electrons. The van der Waals surface area contributed by atoms with Crippen molar-refractivity contribution >= 4 is 11.7 Å². The summed E-state index contributed by atoms with van der Waals surface area (Å²) in [5.41, 5.74) is -1.41. The van der Waals surface area contributed by atoms with Gasteiger partial charge in [0, 0.05) is 78.6 Å². The minimum atomic E-state index is -2.06. The molecule has 0 fully saturated rings. The molecule has 0 aromatic heterocycles. The molecule has 0 bridgehead atoms. The Labute approximate surface area is 221 Å². The van der Waals surface area contributed by atoms with E-state index < -0.39 is 41.7 Å². The molecule has 0 aliphatic carbocycles. The lowest BCUT2D eigenvalue weighted by Gasteiger charge is -2.30. The zero-order chi connectivity index (χ0) is 28.3. The number of aliphatic hydroxyl groups excluding tert-OH is 4. The van der Waals surface area contributed by atoms with E-state index in [9.17, 15) is 30.0 Å². The predicted molar refractivity (Wildman–Crippen MR) is 142 cm³/mol. The minimum Gasteiger partial charge on any atom is -0.387 e. The molecule has 0 aromatic carbocycles. The van der Waals surface area contributed by atoms with Gasteiger partial charge in [0.05, 0.1) is 0 Å². The monoisotopic (exact) mass is 536 g/mol. The number of carbonyl (C=O) groups excluding carboxylic acids is 2. The van der Waals surface area contributed by atoms with Crippen LogP contribution >= 0.6 is 0 Å². The Morgan fingerprint density at radius 2 is 1.14 bits per heavy atom. The van der Waals surface area contributed by atoms with E-state index in [-0.39, 0.29) is 6.54 Å². The number of ether oxygens (including phenoxy) is 1. The molecule has 0 saturated carbocycles. The molecule has 5 atom stereocenters. The van der Waals surface area contributed by atoms with Gasteiger partial charge in [-0.3, -0.25) is 9.59 Å². The molecule has 0 spiro atoms. The number of nitrogens with one attached hydrogen (secondary N) is 6. The van der Waals surface area contributed by atoms with Crippen LogP contribution < -0.4 is 31.9 Å². The van der Waals surface area contributed by atoms with Crippen LogP contribution in [0.2, 0.25) is 0 Å². The predicted octanol–water partition coefficient (Wildman–Crippen LogP) is -3.71. The summed E-state index contributed by atoms with van der Waals surface area (Å²) < 4.78 is 4.94. The van der Waals surface area contributed by atoms with Crippen molar-refractivity contribution in [1.29, 1.82) is 0 Å². The summed E-state index contributed by atoms with van der Waals surface area (Å²) in [5.74, 6) is -1.81. The van der Waals surface area contributed by atoms with Crippen LogP contribution in [0.5, 0.6) is 0 Å². The van der Waals surface area contributed by atoms with Crippen LogP contribution in [0.25, 0.3) is 0 Å². The average Bonchev–Trinajstić information content (AvgIpc) is 2.90. The van der Waals surface area contributed by atoms with E-state index in [4.69, 9.17) is 4.74 Å². The SMILES string of the molecule is CCC(C)NCCNCCNCCNCCNCCNC(=O)[C@H](O)[C@@H](O)[C@H](O)[C@H](O)C(=O)C(C)(C)OC. The van der Waals surface area contributed by atoms with Gasteiger partial charge in [-0.25, -0.2) is 0 Å². The highest BCUT2D eigenvalue weighted by atomic mass is 16.5. The molecule has 0 rings (SSSR count). The van der Waals surface area contributed by atoms with Gasteiger partial charge in [0.2, 0.25) is 0 Å². The Hall–Kier alpha value is -1.26. The summed E-state index contributed by atoms with van der Waals surface area (Å²) in [6.07, 6.45) is -7.04. The normalized spacial score (nSPS) is 16.1. The molecule has 0 aliphatic heterocycles. The van der Waals surface area contributed by atoms with Crippen LogP contribution in [-0.4, -0.2) is 141 Å². The van der Waals surface area contributed by atoms with Crippen LogP contribution in [-0.2, 0) is 14.3 Å². The van der Waals surface area contributed by atoms with E-state index in [0.717, 1.165) is 52.2 Å². The van der Waals surface area contributed by atoms with Crippen LogP contribution in [0.15, 0.2) is 0 Å². The second-order valence-electron chi connectivity index (χ2n) is 9.50. The van der Waals surface area contributed by atoms with Crippen LogP contribution in [0, 0.1) is 0 Å². The topological polar surface area (TPSA) is 196 Å². The van der Waals surface area contributed by atoms with E-state index in [1.54, 1.807) is 0 Å². The van der Waals surface area contributed by atoms with E-state index >= 15 is 0 Å². The minimum absolute atomic E-state index is 0.179. The third-order valence-corrected chi connectivity index (χ3v) is 6.08. The fraction of sp³-hybridized carbons (Fsp3) is 0.917. The molecule has 220 valence electrons. The molecule has 13 nitrogen and oxygen atoms in total. The van der Waals surface area contributed by atoms with Gasteiger partial charge < -0.3 is 57.1 Å². The summed E-state index contributed by atoms with van der Waals surface area (Å²) in [7, 11) is 1.26. The molecule has 1 unspecified atom stereocenters. The van der Waals surface area contributed by atoms with Gasteiger partial charge in [-0.2, -0.15) is 0 Å². The fourth-order valence-corrected chi connectivity index (χ4v) is 3.10. The van der Waals surface area contributed by atoms with Crippen molar-refractivity contribution in [3.8, 4) is 0 Å². The number of hydrogen-bond acceptors (Lipinski definition) is 12. The van der Waals surface area contributed by atoms with Crippen molar-refractivity contribution in [1.82, 2.24) is 31.9 Å². The standard InChI is InChI=1S/C24H52N6O7/c1-6-17(2)29-15-13-27-11-9-25-7-8-26-10-12-28-14-16-30-23(36)21(34)19(32)18(31)20(33)22(35)24(3,4)37-5/h17-21,25-29,31-34H,6-16H2,1-5H3,(H,30,36)/t17?,18-,19-,20-,21+/m0/s1. The molecular formula is C24H52N6O7. The lowest BCUT2D eigenvalue weighted by atomic mass is 9.91. The highest BCUT2D eigenvalue weighted by Crippen LogP contribution is 2.16. The van der Waals surface area contributed by atoms with Crippen molar-refractivity contribution in [3.63, 3.8) is 0 Å². The summed E-state index contributed by atoms with van der Waals surface area (Å²) in [4.78, 5) is 24.2. The maximum Gasteiger partial charge on any atom is 0.251 e. The maximum atomic E-state index is 12.1. The molecule has 1 amide bonds. The second kappa shape index (κ2) is 20.7. The van der Waals surface area contributed by atoms with E-state index in [1.807, 2.05) is 0 Å². The first-order chi connectivity index (χ1) is 17.5. The molecular weight excluding hydrogens is 484 g/mol. The Balaban J connectivity index is 3.78. The van der Waals surface area contributed by atoms with Gasteiger partial charge in [-0.15, -0.1) is 0 Å². The Morgan fingerprint density at radius 1 is 0.730 bits per heavy atom. The van der Waals surface area contributed by atoms with E-state index in [0.29, 0.717) is 19.1 Å². The number of aliphatic hydroxyl groups is 4. The number of amides is 1. The van der Waals surface area contributed by atoms with Crippen molar-refractivity contribution < 1.29 is 34.8 Å². The van der Waals surface area contributed by atoms with Crippen molar-refractivity contribution in [2.24, 2.45) is 0 Å². The first-order valence-electron chi connectivity index (χ1n) is 13.1. The highest BCUT2D eigenvalue weighted by molar-refractivity contribution is 5.91. The molecule has 0 aromatic rings. The number of Topliss-reactive ketones (excluding diaryl/α,β-unsaturated/α-hetero) is 1. The fourth-order valence-electron chi connectivity index (χ4n) is 3.10. The number of ketones is 1. The smallest absolute Gasteiger partial charge is 0.251 e. The van der Waals surface area contributed by atoms with Gasteiger partial charge in [0.25, 0.3) is 5.91 Å². The summed E-state index contributed by atoms with van der Waals surface area (Å²) in [6.45, 7) is 14.6. The van der Waals surface area contributed by atoms with Crippen molar-refractivity contribution in [3.05, 3.63) is 0 Å². The number of carbonyl (C=O) groups is 2. The Kier molecular flexibility index (Phi) is 20.0. The lowest BCUT2D eigenvalue weighted by Crippen LogP contribution is -2.56. The average molecular weight is 537 g/mol. The lowest BCUT2D eigenvalue weighted by molar-refractivity contribution is -0.165. The van der Waals surface area contributed by atoms with Gasteiger partial charge in [-0.1, -0.05) is 6.92 Å². The highest BCUT2D eigenvalue weighted by Gasteiger charge is 2.42. The van der Waals surface area contributed by atoms with E-state index in [2.05, 4.69) is 45.7 Å². The summed E-state index contributed by atoms with van der Waals surface area (Å²) in [5, 5.41) is 59.0. The molecule has 0 heterocycles. The zero-order valence-corrected chi connectivity index (χ0v) is 23.2. The molecule has 13 heteroatoms. The van der Waals surface area contributed by atoms with E-state index in [1.165, 1.54) is 21.0 Å². The first kappa shape index (κ1) is 35.7. The van der Waals surface area contributed by atoms with Crippen LogP contribution in [0.3, 0.4) is 0 Å². The second-order valence-corrected chi connectivity index (χ2v) is 9.50. The number of rotatable bonds is 24. The largest absolute Gasteiger partial charge is 0.387 e. The number of methoxy groups -OCH3 is 1. The van der Waals surface area contributed by atoms with Crippen LogP contribution in [0.1, 0.15) is 34.1 Å². The van der Waals surface area contributed by atoms with Gasteiger partial charge >= 0.3 is 0 Å². The first-order valence-corrected chi connectivity index (χ1v) is 13.1. The summed E-state index contributed by atoms with van der Waals surface area (Å²) >= 11 is 0. The van der Waals surface area contributed by atoms with Gasteiger partial charge in [0.1, 0.15) is 23.9 Å². The molecule has 10 N–H and O–H groups in total. The summed E-state index contributed by atoms with van der Waals surface area (Å²) in [6, 6.07) is 0.556. The molecule has 0 saturated heterocycles.